The van der Waals surface area contributed by atoms with Crippen molar-refractivity contribution in [3.63, 3.8) is 0 Å². The Hall–Kier alpha value is -0.770. The van der Waals surface area contributed by atoms with Gasteiger partial charge in [-0.3, -0.25) is 0 Å². The first kappa shape index (κ1) is 11.3. The van der Waals surface area contributed by atoms with Gasteiger partial charge in [-0.05, 0) is 31.2 Å². The van der Waals surface area contributed by atoms with Gasteiger partial charge >= 0.3 is 0 Å². The molecule has 4 heteroatoms. The molecule has 78 valence electrons. The molecule has 0 bridgehead atoms. The fourth-order valence-corrected chi connectivity index (χ4v) is 1.34. The fourth-order valence-electron chi connectivity index (χ4n) is 1.15. The van der Waals surface area contributed by atoms with Crippen LogP contribution in [-0.4, -0.2) is 24.3 Å². The molecule has 0 aromatic heterocycles. The summed E-state index contributed by atoms with van der Waals surface area (Å²) >= 11 is 5.56. The standard InChI is InChI=1S/C6H6ClN.C4H9NO/c7-5-2-1-3-6(8)4-5;6-4-1-2-5-3-4/h1-4H,8H2;4-6H,1-3H2. The first-order chi connectivity index (χ1) is 6.68. The smallest absolute Gasteiger partial charge is 0.0676 e. The number of rotatable bonds is 0. The Bertz CT molecular complexity index is 257. The zero-order valence-corrected chi connectivity index (χ0v) is 8.67. The molecule has 0 amide bonds. The summed E-state index contributed by atoms with van der Waals surface area (Å²) < 4.78 is 0. The molecule has 0 aliphatic carbocycles. The number of nitrogen functional groups attached to an aromatic ring is 1. The normalized spacial score (nSPS) is 20.0. The van der Waals surface area contributed by atoms with Gasteiger partial charge in [0.25, 0.3) is 0 Å². The average molecular weight is 215 g/mol. The van der Waals surface area contributed by atoms with Crippen molar-refractivity contribution in [1.82, 2.24) is 5.32 Å². The second kappa shape index (κ2) is 5.86. The van der Waals surface area contributed by atoms with Crippen molar-refractivity contribution in [2.24, 2.45) is 0 Å². The number of aliphatic hydroxyl groups is 1. The number of halogens is 1. The fraction of sp³-hybridized carbons (Fsp3) is 0.400. The number of nitrogens with one attached hydrogen (secondary N) is 1. The molecule has 14 heavy (non-hydrogen) atoms. The highest BCUT2D eigenvalue weighted by molar-refractivity contribution is 6.30. The molecule has 2 rings (SSSR count). The molecule has 0 radical (unpaired) electrons. The van der Waals surface area contributed by atoms with E-state index >= 15 is 0 Å². The highest BCUT2D eigenvalue weighted by Crippen LogP contribution is 2.10. The van der Waals surface area contributed by atoms with Crippen LogP contribution in [0.1, 0.15) is 6.42 Å². The van der Waals surface area contributed by atoms with E-state index in [9.17, 15) is 0 Å². The Morgan fingerprint density at radius 3 is 2.57 bits per heavy atom. The first-order valence-corrected chi connectivity index (χ1v) is 4.96. The monoisotopic (exact) mass is 214 g/mol. The predicted octanol–water partition coefficient (Wildman–Crippen LogP) is 1.26. The number of nitrogens with two attached hydrogens (primary N) is 1. The summed E-state index contributed by atoms with van der Waals surface area (Å²) in [5, 5.41) is 12.4. The SMILES string of the molecule is Nc1cccc(Cl)c1.OC1CCNC1. The summed E-state index contributed by atoms with van der Waals surface area (Å²) in [6.07, 6.45) is 0.866. The van der Waals surface area contributed by atoms with Crippen molar-refractivity contribution in [3.8, 4) is 0 Å². The van der Waals surface area contributed by atoms with E-state index in [0.29, 0.717) is 10.7 Å². The molecule has 1 aromatic rings. The van der Waals surface area contributed by atoms with Gasteiger partial charge in [0.15, 0.2) is 0 Å². The van der Waals surface area contributed by atoms with Crippen molar-refractivity contribution in [3.05, 3.63) is 29.3 Å². The maximum atomic E-state index is 8.67. The van der Waals surface area contributed by atoms with Crippen LogP contribution in [0.5, 0.6) is 0 Å². The van der Waals surface area contributed by atoms with Gasteiger partial charge in [0.2, 0.25) is 0 Å². The van der Waals surface area contributed by atoms with Crippen molar-refractivity contribution in [2.75, 3.05) is 18.8 Å². The van der Waals surface area contributed by atoms with E-state index in [0.717, 1.165) is 19.5 Å². The van der Waals surface area contributed by atoms with Gasteiger partial charge in [0, 0.05) is 17.3 Å². The molecule has 1 saturated heterocycles. The minimum Gasteiger partial charge on any atom is -0.399 e. The van der Waals surface area contributed by atoms with E-state index < -0.39 is 0 Å². The Labute approximate surface area is 88.9 Å². The van der Waals surface area contributed by atoms with Gasteiger partial charge in [-0.25, -0.2) is 0 Å². The number of hydrogen-bond acceptors (Lipinski definition) is 3. The zero-order valence-electron chi connectivity index (χ0n) is 7.91. The van der Waals surface area contributed by atoms with Gasteiger partial charge in [-0.2, -0.15) is 0 Å². The maximum absolute atomic E-state index is 8.67. The quantitative estimate of drug-likeness (QED) is 0.570. The van der Waals surface area contributed by atoms with Gasteiger partial charge in [0.05, 0.1) is 6.10 Å². The third kappa shape index (κ3) is 4.46. The lowest BCUT2D eigenvalue weighted by atomic mass is 10.3. The van der Waals surface area contributed by atoms with Gasteiger partial charge in [-0.1, -0.05) is 17.7 Å². The van der Waals surface area contributed by atoms with Crippen LogP contribution in [0.3, 0.4) is 0 Å². The summed E-state index contributed by atoms with van der Waals surface area (Å²) in [5.74, 6) is 0. The van der Waals surface area contributed by atoms with Crippen LogP contribution >= 0.6 is 11.6 Å². The van der Waals surface area contributed by atoms with Gasteiger partial charge < -0.3 is 16.2 Å². The van der Waals surface area contributed by atoms with Gasteiger partial charge in [0.1, 0.15) is 0 Å². The first-order valence-electron chi connectivity index (χ1n) is 4.58. The Morgan fingerprint density at radius 1 is 1.50 bits per heavy atom. The third-order valence-corrected chi connectivity index (χ3v) is 2.12. The summed E-state index contributed by atoms with van der Waals surface area (Å²) in [5.41, 5.74) is 6.08. The molecular formula is C10H15ClN2O. The third-order valence-electron chi connectivity index (χ3n) is 1.88. The Kier molecular flexibility index (Phi) is 4.73. The molecule has 1 fully saturated rings. The molecule has 3 nitrogen and oxygen atoms in total. The van der Waals surface area contributed by atoms with Crippen molar-refractivity contribution in [1.29, 1.82) is 0 Å². The maximum Gasteiger partial charge on any atom is 0.0676 e. The summed E-state index contributed by atoms with van der Waals surface area (Å²) in [6, 6.07) is 7.11. The lowest BCUT2D eigenvalue weighted by molar-refractivity contribution is 0.196. The molecule has 1 aliphatic heterocycles. The summed E-state index contributed by atoms with van der Waals surface area (Å²) in [7, 11) is 0. The van der Waals surface area contributed by atoms with Crippen LogP contribution in [0, 0.1) is 0 Å². The second-order valence-electron chi connectivity index (χ2n) is 3.20. The van der Waals surface area contributed by atoms with Crippen LogP contribution < -0.4 is 11.1 Å². The highest BCUT2D eigenvalue weighted by Gasteiger charge is 2.08. The number of aliphatic hydroxyl groups excluding tert-OH is 1. The zero-order chi connectivity index (χ0) is 10.4. The van der Waals surface area contributed by atoms with Gasteiger partial charge in [-0.15, -0.1) is 0 Å². The average Bonchev–Trinajstić information content (AvgIpc) is 2.56. The molecule has 1 unspecified atom stereocenters. The Balaban J connectivity index is 0.000000146. The van der Waals surface area contributed by atoms with Crippen LogP contribution in [0.25, 0.3) is 0 Å². The van der Waals surface area contributed by atoms with Crippen LogP contribution in [-0.2, 0) is 0 Å². The molecule has 1 aromatic carbocycles. The number of β-amino-alcohol motifs (C(OH)–C–C–N with tert-alkyl or cyclic N) is 1. The highest BCUT2D eigenvalue weighted by atomic mass is 35.5. The summed E-state index contributed by atoms with van der Waals surface area (Å²) in [4.78, 5) is 0. The van der Waals surface area contributed by atoms with Crippen molar-refractivity contribution < 1.29 is 5.11 Å². The van der Waals surface area contributed by atoms with E-state index in [1.54, 1.807) is 18.2 Å². The second-order valence-corrected chi connectivity index (χ2v) is 3.64. The van der Waals surface area contributed by atoms with E-state index in [-0.39, 0.29) is 6.10 Å². The van der Waals surface area contributed by atoms with Crippen molar-refractivity contribution >= 4 is 17.3 Å². The van der Waals surface area contributed by atoms with Crippen LogP contribution in [0.2, 0.25) is 5.02 Å². The van der Waals surface area contributed by atoms with E-state index in [1.807, 2.05) is 6.07 Å². The lowest BCUT2D eigenvalue weighted by Crippen LogP contribution is -2.11. The molecule has 0 spiro atoms. The van der Waals surface area contributed by atoms with Crippen LogP contribution in [0.4, 0.5) is 5.69 Å². The molecule has 1 atom stereocenters. The Morgan fingerprint density at radius 2 is 2.29 bits per heavy atom. The molecular weight excluding hydrogens is 200 g/mol. The minimum atomic E-state index is -0.0648. The van der Waals surface area contributed by atoms with E-state index in [1.165, 1.54) is 0 Å². The molecule has 0 saturated carbocycles. The largest absolute Gasteiger partial charge is 0.399 e. The number of anilines is 1. The lowest BCUT2D eigenvalue weighted by Gasteiger charge is -1.90. The van der Waals surface area contributed by atoms with E-state index in [2.05, 4.69) is 5.32 Å². The molecule has 4 N–H and O–H groups in total. The minimum absolute atomic E-state index is 0.0648. The summed E-state index contributed by atoms with van der Waals surface area (Å²) in [6.45, 7) is 1.78. The van der Waals surface area contributed by atoms with E-state index in [4.69, 9.17) is 22.4 Å². The molecule has 1 aliphatic rings. The topological polar surface area (TPSA) is 58.3 Å². The molecule has 1 heterocycles. The predicted molar refractivity (Wildman–Crippen MR) is 59.4 cm³/mol. The number of hydrogen-bond donors (Lipinski definition) is 3. The van der Waals surface area contributed by atoms with Crippen molar-refractivity contribution in [2.45, 2.75) is 12.5 Å². The van der Waals surface area contributed by atoms with Crippen LogP contribution in [0.15, 0.2) is 24.3 Å². The number of benzene rings is 1.